The van der Waals surface area contributed by atoms with Crippen LogP contribution in [0.25, 0.3) is 10.9 Å². The quantitative estimate of drug-likeness (QED) is 0.354. The Morgan fingerprint density at radius 2 is 1.69 bits per heavy atom. The minimum Gasteiger partial charge on any atom is -0.491 e. The van der Waals surface area contributed by atoms with Crippen LogP contribution in [0.15, 0.2) is 72.8 Å². The third-order valence-electron chi connectivity index (χ3n) is 6.29. The predicted octanol–water partition coefficient (Wildman–Crippen LogP) is 5.82. The van der Waals surface area contributed by atoms with Crippen molar-refractivity contribution in [2.24, 2.45) is 5.73 Å². The van der Waals surface area contributed by atoms with Crippen LogP contribution in [0.3, 0.4) is 0 Å². The number of fused-ring (bicyclic) bond motifs is 1. The van der Waals surface area contributed by atoms with Crippen LogP contribution in [0, 0.1) is 13.8 Å². The topological polar surface area (TPSA) is 75.7 Å². The number of rotatable bonds is 7. The van der Waals surface area contributed by atoms with Gasteiger partial charge in [-0.05, 0) is 56.3 Å². The monoisotopic (exact) mass is 490 g/mol. The van der Waals surface area contributed by atoms with Gasteiger partial charge in [0.25, 0.3) is 5.91 Å². The molecular formula is C28H27ClN2O4. The van der Waals surface area contributed by atoms with Gasteiger partial charge in [0.15, 0.2) is 0 Å². The number of amides is 1. The number of nitrogens with zero attached hydrogens (tertiary/aromatic N) is 1. The van der Waals surface area contributed by atoms with Crippen LogP contribution >= 0.6 is 11.6 Å². The number of benzene rings is 3. The minimum atomic E-state index is -0.545. The van der Waals surface area contributed by atoms with E-state index >= 15 is 0 Å². The molecule has 0 spiro atoms. The molecule has 5 rings (SSSR count). The van der Waals surface area contributed by atoms with Gasteiger partial charge < -0.3 is 24.5 Å². The van der Waals surface area contributed by atoms with Crippen LogP contribution in [-0.4, -0.2) is 29.3 Å². The van der Waals surface area contributed by atoms with E-state index in [0.717, 1.165) is 33.5 Å². The van der Waals surface area contributed by atoms with Crippen LogP contribution in [0.4, 0.5) is 0 Å². The molecule has 1 amide bonds. The molecule has 1 aliphatic heterocycles. The van der Waals surface area contributed by atoms with Crippen LogP contribution < -0.4 is 15.2 Å². The fraction of sp³-hybridized carbons (Fsp3) is 0.250. The van der Waals surface area contributed by atoms with Gasteiger partial charge in [0.1, 0.15) is 42.2 Å². The van der Waals surface area contributed by atoms with Gasteiger partial charge >= 0.3 is 0 Å². The molecule has 3 atom stereocenters. The van der Waals surface area contributed by atoms with Gasteiger partial charge in [-0.3, -0.25) is 4.79 Å². The van der Waals surface area contributed by atoms with Gasteiger partial charge in [-0.2, -0.15) is 0 Å². The normalized spacial score (nSPS) is 19.7. The molecule has 2 N–H and O–H groups in total. The van der Waals surface area contributed by atoms with Crippen LogP contribution in [0.5, 0.6) is 11.5 Å². The number of aryl methyl sites for hydroxylation is 2. The minimum absolute atomic E-state index is 0.294. The first-order valence-electron chi connectivity index (χ1n) is 11.6. The van der Waals surface area contributed by atoms with Crippen molar-refractivity contribution < 1.29 is 19.0 Å². The van der Waals surface area contributed by atoms with E-state index in [1.54, 1.807) is 12.1 Å². The summed E-state index contributed by atoms with van der Waals surface area (Å²) >= 11 is 6.41. The molecule has 1 aromatic heterocycles. The molecule has 3 aromatic carbocycles. The smallest absolute Gasteiger partial charge is 0.265 e. The fourth-order valence-electron chi connectivity index (χ4n) is 4.45. The van der Waals surface area contributed by atoms with Gasteiger partial charge in [-0.1, -0.05) is 53.1 Å². The maximum Gasteiger partial charge on any atom is 0.265 e. The van der Waals surface area contributed by atoms with Crippen molar-refractivity contribution in [1.82, 2.24) is 4.57 Å². The van der Waals surface area contributed by atoms with E-state index in [4.69, 9.17) is 31.5 Å². The van der Waals surface area contributed by atoms with E-state index in [0.29, 0.717) is 23.7 Å². The maximum atomic E-state index is 12.3. The zero-order chi connectivity index (χ0) is 24.5. The highest BCUT2D eigenvalue weighted by molar-refractivity contribution is 6.35. The summed E-state index contributed by atoms with van der Waals surface area (Å²) in [4.78, 5) is 12.3. The summed E-state index contributed by atoms with van der Waals surface area (Å²) in [7, 11) is 0. The number of halogens is 1. The number of ether oxygens (including phenoxy) is 3. The summed E-state index contributed by atoms with van der Waals surface area (Å²) in [5.74, 6) is 0.963. The Bertz CT molecular complexity index is 1350. The molecule has 1 saturated heterocycles. The Morgan fingerprint density at radius 3 is 2.34 bits per heavy atom. The van der Waals surface area contributed by atoms with Gasteiger partial charge in [0.2, 0.25) is 0 Å². The van der Waals surface area contributed by atoms with E-state index in [9.17, 15) is 4.79 Å². The van der Waals surface area contributed by atoms with Crippen molar-refractivity contribution in [1.29, 1.82) is 0 Å². The molecule has 1 aliphatic rings. The highest BCUT2D eigenvalue weighted by atomic mass is 35.5. The molecule has 4 aromatic rings. The lowest BCUT2D eigenvalue weighted by Gasteiger charge is -2.20. The summed E-state index contributed by atoms with van der Waals surface area (Å²) in [6.45, 7) is 4.36. The third kappa shape index (κ3) is 4.85. The van der Waals surface area contributed by atoms with Crippen molar-refractivity contribution in [3.8, 4) is 11.5 Å². The average molecular weight is 491 g/mol. The van der Waals surface area contributed by atoms with Crippen molar-refractivity contribution >= 4 is 28.4 Å². The van der Waals surface area contributed by atoms with Gasteiger partial charge in [0, 0.05) is 16.8 Å². The summed E-state index contributed by atoms with van der Waals surface area (Å²) in [5.41, 5.74) is 9.17. The highest BCUT2D eigenvalue weighted by Crippen LogP contribution is 2.37. The lowest BCUT2D eigenvalue weighted by Crippen LogP contribution is -2.32. The second kappa shape index (κ2) is 9.64. The zero-order valence-electron chi connectivity index (χ0n) is 19.6. The number of hydrogen-bond donors (Lipinski definition) is 1. The number of nitrogens with two attached hydrogens (primary N) is 1. The van der Waals surface area contributed by atoms with E-state index in [2.05, 4.69) is 0 Å². The van der Waals surface area contributed by atoms with Gasteiger partial charge in [-0.15, -0.1) is 0 Å². The molecule has 0 unspecified atom stereocenters. The molecule has 7 heteroatoms. The summed E-state index contributed by atoms with van der Waals surface area (Å²) < 4.78 is 20.7. The van der Waals surface area contributed by atoms with Crippen LogP contribution in [0.2, 0.25) is 5.02 Å². The Kier molecular flexibility index (Phi) is 6.41. The first-order valence-corrected chi connectivity index (χ1v) is 11.9. The van der Waals surface area contributed by atoms with E-state index in [1.807, 2.05) is 79.1 Å². The van der Waals surface area contributed by atoms with E-state index < -0.39 is 12.1 Å². The van der Waals surface area contributed by atoms with Gasteiger partial charge in [-0.25, -0.2) is 0 Å². The largest absolute Gasteiger partial charge is 0.491 e. The lowest BCUT2D eigenvalue weighted by atomic mass is 10.1. The van der Waals surface area contributed by atoms with Crippen molar-refractivity contribution in [3.05, 3.63) is 94.6 Å². The Labute approximate surface area is 209 Å². The molecule has 0 radical (unpaired) electrons. The SMILES string of the molecule is Cc1ccc(OC[C@H]2O[C@@H](n3c(C(N)=O)cc4c(Cl)cccc43)C[C@@H]2Oc2ccc(C)cc2)cc1. The Balaban J connectivity index is 1.46. The third-order valence-corrected chi connectivity index (χ3v) is 6.62. The van der Waals surface area contributed by atoms with E-state index in [-0.39, 0.29) is 12.2 Å². The number of primary amides is 1. The zero-order valence-corrected chi connectivity index (χ0v) is 20.4. The number of carbonyl (C=O) groups is 1. The van der Waals surface area contributed by atoms with Crippen molar-refractivity contribution in [2.45, 2.75) is 38.7 Å². The second-order valence-electron chi connectivity index (χ2n) is 8.89. The van der Waals surface area contributed by atoms with Crippen LogP contribution in [-0.2, 0) is 4.74 Å². The molecular weight excluding hydrogens is 464 g/mol. The number of aromatic nitrogens is 1. The Hall–Kier alpha value is -3.48. The van der Waals surface area contributed by atoms with Crippen LogP contribution in [0.1, 0.15) is 34.3 Å². The molecule has 1 fully saturated rings. The number of carbonyl (C=O) groups excluding carboxylic acids is 1. The van der Waals surface area contributed by atoms with E-state index in [1.165, 1.54) is 0 Å². The average Bonchev–Trinajstić information content (AvgIpc) is 3.42. The molecule has 2 heterocycles. The number of hydrogen-bond acceptors (Lipinski definition) is 4. The first-order chi connectivity index (χ1) is 16.9. The summed E-state index contributed by atoms with van der Waals surface area (Å²) in [5, 5.41) is 1.30. The molecule has 0 saturated carbocycles. The molecule has 180 valence electrons. The molecule has 6 nitrogen and oxygen atoms in total. The van der Waals surface area contributed by atoms with Crippen molar-refractivity contribution in [2.75, 3.05) is 6.61 Å². The fourth-order valence-corrected chi connectivity index (χ4v) is 4.68. The molecule has 35 heavy (non-hydrogen) atoms. The summed E-state index contributed by atoms with van der Waals surface area (Å²) in [6.07, 6.45) is -0.646. The van der Waals surface area contributed by atoms with Crippen molar-refractivity contribution in [3.63, 3.8) is 0 Å². The molecule has 0 aliphatic carbocycles. The summed E-state index contributed by atoms with van der Waals surface area (Å²) in [6, 6.07) is 23.0. The Morgan fingerprint density at radius 1 is 1.03 bits per heavy atom. The first kappa shape index (κ1) is 23.3. The second-order valence-corrected chi connectivity index (χ2v) is 9.30. The maximum absolute atomic E-state index is 12.3. The predicted molar refractivity (Wildman–Crippen MR) is 136 cm³/mol. The van der Waals surface area contributed by atoms with Gasteiger partial charge in [0.05, 0.1) is 5.52 Å². The standard InChI is InChI=1S/C28H27ClN2O4/c1-17-6-10-19(11-7-17)33-16-26-25(34-20-12-8-18(2)9-13-20)15-27(35-26)31-23-5-3-4-22(29)21(23)14-24(31)28(30)32/h3-14,25-27H,15-16H2,1-2H3,(H2,30,32)/t25-,26+,27+/m0/s1. The lowest BCUT2D eigenvalue weighted by molar-refractivity contribution is -0.0343. The highest BCUT2D eigenvalue weighted by Gasteiger charge is 2.40. The molecule has 0 bridgehead atoms.